The molecular formula is C15H22N2O2. The fourth-order valence-electron chi connectivity index (χ4n) is 2.08. The molecule has 1 aliphatic carbocycles. The summed E-state index contributed by atoms with van der Waals surface area (Å²) in [6, 6.07) is 7.47. The van der Waals surface area contributed by atoms with E-state index in [0.717, 1.165) is 12.1 Å². The van der Waals surface area contributed by atoms with E-state index in [1.165, 1.54) is 6.42 Å². The van der Waals surface area contributed by atoms with Crippen LogP contribution in [0.3, 0.4) is 0 Å². The number of carbonyl (C=O) groups is 1. The summed E-state index contributed by atoms with van der Waals surface area (Å²) in [4.78, 5) is 11.6. The predicted molar refractivity (Wildman–Crippen MR) is 74.7 cm³/mol. The first-order valence-electron chi connectivity index (χ1n) is 6.70. The van der Waals surface area contributed by atoms with Gasteiger partial charge in [-0.2, -0.15) is 0 Å². The van der Waals surface area contributed by atoms with Gasteiger partial charge in [0.15, 0.2) is 6.61 Å². The van der Waals surface area contributed by atoms with Crippen LogP contribution >= 0.6 is 0 Å². The quantitative estimate of drug-likeness (QED) is 0.820. The summed E-state index contributed by atoms with van der Waals surface area (Å²) in [6.07, 6.45) is 1.19. The van der Waals surface area contributed by atoms with Crippen LogP contribution in [-0.2, 0) is 11.3 Å². The van der Waals surface area contributed by atoms with Crippen molar-refractivity contribution in [2.45, 2.75) is 26.8 Å². The highest BCUT2D eigenvalue weighted by Crippen LogP contribution is 2.50. The molecule has 0 saturated heterocycles. The Morgan fingerprint density at radius 1 is 1.42 bits per heavy atom. The number of nitrogens with one attached hydrogen (secondary N) is 1. The van der Waals surface area contributed by atoms with Gasteiger partial charge in [-0.15, -0.1) is 0 Å². The number of hydrogen-bond donors (Lipinski definition) is 2. The summed E-state index contributed by atoms with van der Waals surface area (Å²) >= 11 is 0. The number of carbonyl (C=O) groups excluding carboxylic acids is 1. The highest BCUT2D eigenvalue weighted by molar-refractivity contribution is 5.77. The van der Waals surface area contributed by atoms with E-state index in [4.69, 9.17) is 10.5 Å². The van der Waals surface area contributed by atoms with Crippen molar-refractivity contribution in [3.63, 3.8) is 0 Å². The first-order chi connectivity index (χ1) is 9.01. The molecule has 0 radical (unpaired) electrons. The minimum atomic E-state index is -0.0643. The molecule has 1 aromatic carbocycles. The Morgan fingerprint density at radius 2 is 2.05 bits per heavy atom. The standard InChI is InChI=1S/C15H22N2O2/c1-15(2)7-12(15)9-17-14(18)10-19-13-5-3-11(8-16)4-6-13/h3-6,12H,7-10,16H2,1-2H3,(H,17,18). The molecule has 1 aromatic rings. The van der Waals surface area contributed by atoms with Gasteiger partial charge < -0.3 is 15.8 Å². The lowest BCUT2D eigenvalue weighted by molar-refractivity contribution is -0.123. The number of amides is 1. The van der Waals surface area contributed by atoms with Crippen molar-refractivity contribution in [3.05, 3.63) is 29.8 Å². The smallest absolute Gasteiger partial charge is 0.257 e. The zero-order chi connectivity index (χ0) is 13.9. The molecule has 1 amide bonds. The van der Waals surface area contributed by atoms with E-state index in [-0.39, 0.29) is 12.5 Å². The fraction of sp³-hybridized carbons (Fsp3) is 0.533. The molecule has 1 atom stereocenters. The van der Waals surface area contributed by atoms with Crippen LogP contribution in [0.25, 0.3) is 0 Å². The van der Waals surface area contributed by atoms with Gasteiger partial charge in [-0.05, 0) is 35.4 Å². The molecule has 1 unspecified atom stereocenters. The molecule has 0 heterocycles. The van der Waals surface area contributed by atoms with Gasteiger partial charge in [-0.1, -0.05) is 26.0 Å². The van der Waals surface area contributed by atoms with Crippen LogP contribution in [0.2, 0.25) is 0 Å². The van der Waals surface area contributed by atoms with E-state index in [0.29, 0.717) is 23.6 Å². The maximum atomic E-state index is 11.6. The third-order valence-electron chi connectivity index (χ3n) is 3.79. The molecule has 1 saturated carbocycles. The maximum absolute atomic E-state index is 11.6. The summed E-state index contributed by atoms with van der Waals surface area (Å²) in [5.41, 5.74) is 6.96. The molecule has 4 heteroatoms. The second kappa shape index (κ2) is 5.61. The van der Waals surface area contributed by atoms with Gasteiger partial charge in [0.25, 0.3) is 5.91 Å². The second-order valence-corrected chi connectivity index (χ2v) is 5.83. The Balaban J connectivity index is 1.68. The van der Waals surface area contributed by atoms with Crippen LogP contribution in [0.4, 0.5) is 0 Å². The number of nitrogens with two attached hydrogens (primary N) is 1. The Morgan fingerprint density at radius 3 is 2.58 bits per heavy atom. The maximum Gasteiger partial charge on any atom is 0.257 e. The van der Waals surface area contributed by atoms with Crippen LogP contribution < -0.4 is 15.8 Å². The molecule has 0 aromatic heterocycles. The van der Waals surface area contributed by atoms with Gasteiger partial charge in [-0.25, -0.2) is 0 Å². The van der Waals surface area contributed by atoms with E-state index >= 15 is 0 Å². The molecule has 4 nitrogen and oxygen atoms in total. The van der Waals surface area contributed by atoms with Crippen molar-refractivity contribution in [1.29, 1.82) is 0 Å². The van der Waals surface area contributed by atoms with Gasteiger partial charge in [0, 0.05) is 13.1 Å². The third-order valence-corrected chi connectivity index (χ3v) is 3.79. The highest BCUT2D eigenvalue weighted by atomic mass is 16.5. The Kier molecular flexibility index (Phi) is 4.10. The monoisotopic (exact) mass is 262 g/mol. The van der Waals surface area contributed by atoms with Gasteiger partial charge in [0.1, 0.15) is 5.75 Å². The van der Waals surface area contributed by atoms with Crippen molar-refractivity contribution in [2.24, 2.45) is 17.1 Å². The van der Waals surface area contributed by atoms with Gasteiger partial charge in [0.2, 0.25) is 0 Å². The zero-order valence-corrected chi connectivity index (χ0v) is 11.6. The molecule has 0 aliphatic heterocycles. The SMILES string of the molecule is CC1(C)CC1CNC(=O)COc1ccc(CN)cc1. The fourth-order valence-corrected chi connectivity index (χ4v) is 2.08. The number of benzene rings is 1. The van der Waals surface area contributed by atoms with E-state index in [1.54, 1.807) is 0 Å². The third kappa shape index (κ3) is 3.96. The lowest BCUT2D eigenvalue weighted by Crippen LogP contribution is -2.31. The first kappa shape index (κ1) is 13.9. The summed E-state index contributed by atoms with van der Waals surface area (Å²) in [5.74, 6) is 1.24. The van der Waals surface area contributed by atoms with Crippen LogP contribution in [0, 0.1) is 11.3 Å². The van der Waals surface area contributed by atoms with Crippen LogP contribution in [0.5, 0.6) is 5.75 Å². The molecule has 1 fully saturated rings. The predicted octanol–water partition coefficient (Wildman–Crippen LogP) is 1.69. The molecule has 1 aliphatic rings. The summed E-state index contributed by atoms with van der Waals surface area (Å²) in [6.45, 7) is 5.77. The molecule has 2 rings (SSSR count). The molecule has 3 N–H and O–H groups in total. The van der Waals surface area contributed by atoms with Crippen LogP contribution in [0.1, 0.15) is 25.8 Å². The molecule has 0 spiro atoms. The van der Waals surface area contributed by atoms with E-state index in [9.17, 15) is 4.79 Å². The van der Waals surface area contributed by atoms with Crippen LogP contribution in [-0.4, -0.2) is 19.1 Å². The zero-order valence-electron chi connectivity index (χ0n) is 11.6. The number of rotatable bonds is 6. The van der Waals surface area contributed by atoms with Crippen molar-refractivity contribution in [2.75, 3.05) is 13.2 Å². The lowest BCUT2D eigenvalue weighted by atomic mass is 10.1. The largest absolute Gasteiger partial charge is 0.484 e. The first-order valence-corrected chi connectivity index (χ1v) is 6.70. The molecule has 0 bridgehead atoms. The summed E-state index contributed by atoms with van der Waals surface area (Å²) < 4.78 is 5.42. The minimum Gasteiger partial charge on any atom is -0.484 e. The van der Waals surface area contributed by atoms with Crippen LogP contribution in [0.15, 0.2) is 24.3 Å². The number of ether oxygens (including phenoxy) is 1. The van der Waals surface area contributed by atoms with E-state index < -0.39 is 0 Å². The normalized spacial score (nSPS) is 19.8. The lowest BCUT2D eigenvalue weighted by Gasteiger charge is -2.08. The van der Waals surface area contributed by atoms with Crippen molar-refractivity contribution in [1.82, 2.24) is 5.32 Å². The highest BCUT2D eigenvalue weighted by Gasteiger charge is 2.45. The van der Waals surface area contributed by atoms with E-state index in [2.05, 4.69) is 19.2 Å². The van der Waals surface area contributed by atoms with Gasteiger partial charge >= 0.3 is 0 Å². The minimum absolute atomic E-state index is 0.0643. The van der Waals surface area contributed by atoms with Gasteiger partial charge in [0.05, 0.1) is 0 Å². The Hall–Kier alpha value is -1.55. The summed E-state index contributed by atoms with van der Waals surface area (Å²) in [5, 5.41) is 2.91. The Labute approximate surface area is 114 Å². The average Bonchev–Trinajstić information content (AvgIpc) is 3.02. The van der Waals surface area contributed by atoms with Gasteiger partial charge in [-0.3, -0.25) is 4.79 Å². The topological polar surface area (TPSA) is 64.3 Å². The van der Waals surface area contributed by atoms with Crippen molar-refractivity contribution in [3.8, 4) is 5.75 Å². The van der Waals surface area contributed by atoms with Crippen molar-refractivity contribution < 1.29 is 9.53 Å². The molecular weight excluding hydrogens is 240 g/mol. The second-order valence-electron chi connectivity index (χ2n) is 5.83. The Bertz CT molecular complexity index is 440. The number of hydrogen-bond acceptors (Lipinski definition) is 3. The van der Waals surface area contributed by atoms with E-state index in [1.807, 2.05) is 24.3 Å². The average molecular weight is 262 g/mol. The molecule has 104 valence electrons. The molecule has 19 heavy (non-hydrogen) atoms. The van der Waals surface area contributed by atoms with Crippen molar-refractivity contribution >= 4 is 5.91 Å². The summed E-state index contributed by atoms with van der Waals surface area (Å²) in [7, 11) is 0.